The second kappa shape index (κ2) is 5.27. The number of Topliss-reactive ketones (excluding diaryl/α,β-unsaturated/α-hetero) is 1. The summed E-state index contributed by atoms with van der Waals surface area (Å²) in [6, 6.07) is 7.92. The number of hydrogen-bond acceptors (Lipinski definition) is 3. The number of ketones is 1. The van der Waals surface area contributed by atoms with E-state index in [0.29, 0.717) is 12.1 Å². The molecule has 0 aliphatic heterocycles. The molecule has 1 aliphatic carbocycles. The van der Waals surface area contributed by atoms with Crippen molar-refractivity contribution < 1.29 is 9.53 Å². The third-order valence-electron chi connectivity index (χ3n) is 4.24. The Balaban J connectivity index is 2.16. The van der Waals surface area contributed by atoms with Crippen molar-refractivity contribution in [1.82, 2.24) is 9.55 Å². The van der Waals surface area contributed by atoms with Crippen molar-refractivity contribution in [3.63, 3.8) is 0 Å². The van der Waals surface area contributed by atoms with Crippen LogP contribution >= 0.6 is 0 Å². The molecule has 1 aliphatic rings. The summed E-state index contributed by atoms with van der Waals surface area (Å²) in [5.41, 5.74) is 2.73. The number of methoxy groups -OCH3 is 1. The van der Waals surface area contributed by atoms with Gasteiger partial charge in [-0.15, -0.1) is 0 Å². The van der Waals surface area contributed by atoms with Gasteiger partial charge in [-0.25, -0.2) is 4.98 Å². The maximum Gasteiger partial charge on any atom is 0.183 e. The largest absolute Gasteiger partial charge is 0.497 e. The first-order chi connectivity index (χ1) is 10.4. The number of imidazole rings is 1. The van der Waals surface area contributed by atoms with Gasteiger partial charge in [0, 0.05) is 18.5 Å². The van der Waals surface area contributed by atoms with Gasteiger partial charge < -0.3 is 4.74 Å². The summed E-state index contributed by atoms with van der Waals surface area (Å²) in [5.74, 6) is 1.93. The molecule has 1 aromatic carbocycles. The Bertz CT molecular complexity index is 711. The van der Waals surface area contributed by atoms with Crippen molar-refractivity contribution in [2.45, 2.75) is 40.0 Å². The van der Waals surface area contributed by atoms with Crippen LogP contribution in [0.5, 0.6) is 5.75 Å². The van der Waals surface area contributed by atoms with Crippen LogP contribution in [0.1, 0.15) is 49.2 Å². The molecule has 22 heavy (non-hydrogen) atoms. The Morgan fingerprint density at radius 2 is 1.91 bits per heavy atom. The zero-order valence-electron chi connectivity index (χ0n) is 13.6. The van der Waals surface area contributed by atoms with Crippen LogP contribution in [0.15, 0.2) is 24.3 Å². The molecule has 0 radical (unpaired) electrons. The van der Waals surface area contributed by atoms with Gasteiger partial charge in [0.25, 0.3) is 0 Å². The Hall–Kier alpha value is -2.10. The number of benzene rings is 1. The third kappa shape index (κ3) is 2.43. The molecule has 0 fully saturated rings. The lowest BCUT2D eigenvalue weighted by atomic mass is 9.77. The van der Waals surface area contributed by atoms with Crippen LogP contribution in [0.4, 0.5) is 0 Å². The highest BCUT2D eigenvalue weighted by molar-refractivity contribution is 5.97. The fourth-order valence-electron chi connectivity index (χ4n) is 3.20. The van der Waals surface area contributed by atoms with Crippen molar-refractivity contribution in [3.05, 3.63) is 41.5 Å². The number of nitrogens with zero attached hydrogens (tertiary/aromatic N) is 2. The molecular formula is C18H22N2O2. The monoisotopic (exact) mass is 298 g/mol. The maximum atomic E-state index is 12.4. The Labute approximate surface area is 131 Å². The second-order valence-corrected chi connectivity index (χ2v) is 6.65. The number of rotatable bonds is 3. The van der Waals surface area contributed by atoms with Crippen molar-refractivity contribution in [2.75, 3.05) is 7.11 Å². The van der Waals surface area contributed by atoms with Crippen LogP contribution in [-0.2, 0) is 12.8 Å². The standard InChI is InChI=1S/C18H22N2O2/c1-5-16-19-17-14(10-18(2,3)11-15(17)21)20(16)12-6-8-13(22-4)9-7-12/h6-9H,5,10-11H2,1-4H3. The van der Waals surface area contributed by atoms with Gasteiger partial charge >= 0.3 is 0 Å². The van der Waals surface area contributed by atoms with Crippen LogP contribution in [0.2, 0.25) is 0 Å². The first-order valence-corrected chi connectivity index (χ1v) is 7.73. The van der Waals surface area contributed by atoms with E-state index >= 15 is 0 Å². The molecule has 0 saturated carbocycles. The van der Waals surface area contributed by atoms with Gasteiger partial charge in [0.1, 0.15) is 17.3 Å². The molecular weight excluding hydrogens is 276 g/mol. The predicted octanol–water partition coefficient (Wildman–Crippen LogP) is 3.60. The first-order valence-electron chi connectivity index (χ1n) is 7.73. The van der Waals surface area contributed by atoms with E-state index in [9.17, 15) is 4.79 Å². The minimum Gasteiger partial charge on any atom is -0.497 e. The molecule has 3 rings (SSSR count). The number of carbonyl (C=O) groups is 1. The van der Waals surface area contributed by atoms with Gasteiger partial charge in [-0.2, -0.15) is 0 Å². The minimum atomic E-state index is -0.0145. The molecule has 0 atom stereocenters. The summed E-state index contributed by atoms with van der Waals surface area (Å²) in [7, 11) is 1.66. The fraction of sp³-hybridized carbons (Fsp3) is 0.444. The Morgan fingerprint density at radius 1 is 1.23 bits per heavy atom. The molecule has 1 heterocycles. The second-order valence-electron chi connectivity index (χ2n) is 6.65. The summed E-state index contributed by atoms with van der Waals surface area (Å²) in [6.07, 6.45) is 2.24. The SMILES string of the molecule is CCc1nc2c(n1-c1ccc(OC)cc1)CC(C)(C)CC2=O. The fourth-order valence-corrected chi connectivity index (χ4v) is 3.20. The molecule has 116 valence electrons. The number of ether oxygens (including phenoxy) is 1. The molecule has 2 aromatic rings. The highest BCUT2D eigenvalue weighted by Crippen LogP contribution is 2.36. The first kappa shape index (κ1) is 14.8. The van der Waals surface area contributed by atoms with Crippen molar-refractivity contribution in [3.8, 4) is 11.4 Å². The van der Waals surface area contributed by atoms with E-state index in [1.807, 2.05) is 24.3 Å². The number of aryl methyl sites for hydroxylation is 1. The average molecular weight is 298 g/mol. The lowest BCUT2D eigenvalue weighted by Crippen LogP contribution is -2.28. The van der Waals surface area contributed by atoms with Crippen molar-refractivity contribution in [2.24, 2.45) is 5.41 Å². The van der Waals surface area contributed by atoms with E-state index in [-0.39, 0.29) is 11.2 Å². The highest BCUT2D eigenvalue weighted by Gasteiger charge is 2.35. The van der Waals surface area contributed by atoms with Gasteiger partial charge in [-0.1, -0.05) is 20.8 Å². The van der Waals surface area contributed by atoms with Crippen LogP contribution in [0.25, 0.3) is 5.69 Å². The van der Waals surface area contributed by atoms with Crippen LogP contribution in [0.3, 0.4) is 0 Å². The number of fused-ring (bicyclic) bond motifs is 1. The maximum absolute atomic E-state index is 12.4. The highest BCUT2D eigenvalue weighted by atomic mass is 16.5. The number of hydrogen-bond donors (Lipinski definition) is 0. The normalized spacial score (nSPS) is 16.5. The van der Waals surface area contributed by atoms with E-state index in [2.05, 4.69) is 30.3 Å². The van der Waals surface area contributed by atoms with Gasteiger partial charge in [0.05, 0.1) is 12.8 Å². The average Bonchev–Trinajstić information content (AvgIpc) is 2.84. The zero-order chi connectivity index (χ0) is 15.9. The van der Waals surface area contributed by atoms with E-state index in [0.717, 1.165) is 35.8 Å². The lowest BCUT2D eigenvalue weighted by molar-refractivity contribution is 0.0905. The summed E-state index contributed by atoms with van der Waals surface area (Å²) < 4.78 is 7.37. The summed E-state index contributed by atoms with van der Waals surface area (Å²) in [4.78, 5) is 17.0. The topological polar surface area (TPSA) is 44.1 Å². The van der Waals surface area contributed by atoms with Gasteiger partial charge in [0.2, 0.25) is 0 Å². The number of aromatic nitrogens is 2. The molecule has 0 unspecified atom stereocenters. The van der Waals surface area contributed by atoms with Crippen LogP contribution in [0, 0.1) is 5.41 Å². The molecule has 1 aromatic heterocycles. The van der Waals surface area contributed by atoms with Crippen LogP contribution < -0.4 is 4.74 Å². The molecule has 0 amide bonds. The molecule has 0 spiro atoms. The summed E-state index contributed by atoms with van der Waals surface area (Å²) in [5, 5.41) is 0. The Morgan fingerprint density at radius 3 is 2.50 bits per heavy atom. The molecule has 0 N–H and O–H groups in total. The van der Waals surface area contributed by atoms with E-state index in [4.69, 9.17) is 4.74 Å². The lowest BCUT2D eigenvalue weighted by Gasteiger charge is -2.29. The van der Waals surface area contributed by atoms with Gasteiger partial charge in [-0.05, 0) is 36.1 Å². The van der Waals surface area contributed by atoms with E-state index in [1.54, 1.807) is 7.11 Å². The minimum absolute atomic E-state index is 0.0145. The molecule has 4 nitrogen and oxygen atoms in total. The Kier molecular flexibility index (Phi) is 3.55. The predicted molar refractivity (Wildman–Crippen MR) is 85.9 cm³/mol. The molecule has 0 saturated heterocycles. The van der Waals surface area contributed by atoms with Crippen LogP contribution in [-0.4, -0.2) is 22.4 Å². The summed E-state index contributed by atoms with van der Waals surface area (Å²) >= 11 is 0. The number of carbonyl (C=O) groups excluding carboxylic acids is 1. The smallest absolute Gasteiger partial charge is 0.183 e. The molecule has 0 bridgehead atoms. The molecule has 4 heteroatoms. The quantitative estimate of drug-likeness (QED) is 0.869. The van der Waals surface area contributed by atoms with Crippen molar-refractivity contribution >= 4 is 5.78 Å². The van der Waals surface area contributed by atoms with Gasteiger partial charge in [0.15, 0.2) is 5.78 Å². The van der Waals surface area contributed by atoms with E-state index in [1.165, 1.54) is 0 Å². The zero-order valence-corrected chi connectivity index (χ0v) is 13.6. The van der Waals surface area contributed by atoms with Crippen molar-refractivity contribution in [1.29, 1.82) is 0 Å². The van der Waals surface area contributed by atoms with E-state index < -0.39 is 0 Å². The van der Waals surface area contributed by atoms with Gasteiger partial charge in [-0.3, -0.25) is 9.36 Å². The summed E-state index contributed by atoms with van der Waals surface area (Å²) in [6.45, 7) is 6.36. The third-order valence-corrected chi connectivity index (χ3v) is 4.24.